The molecular weight excluding hydrogens is 292 g/mol. The van der Waals surface area contributed by atoms with Crippen LogP contribution in [0.1, 0.15) is 30.5 Å². The summed E-state index contributed by atoms with van der Waals surface area (Å²) in [5.74, 6) is 0. The van der Waals surface area contributed by atoms with Crippen LogP contribution < -0.4 is 10.5 Å². The molecule has 20 heavy (non-hydrogen) atoms. The summed E-state index contributed by atoms with van der Waals surface area (Å²) < 4.78 is 27.8. The van der Waals surface area contributed by atoms with Gasteiger partial charge in [0.05, 0.1) is 0 Å². The molecule has 1 atom stereocenters. The molecule has 108 valence electrons. The fourth-order valence-electron chi connectivity index (χ4n) is 1.92. The van der Waals surface area contributed by atoms with Crippen LogP contribution in [0, 0.1) is 0 Å². The Kier molecular flexibility index (Phi) is 4.93. The topological polar surface area (TPSA) is 72.2 Å². The molecule has 1 aromatic carbocycles. The second-order valence-corrected chi connectivity index (χ2v) is 7.32. The van der Waals surface area contributed by atoms with Crippen LogP contribution in [-0.4, -0.2) is 8.42 Å². The van der Waals surface area contributed by atoms with Gasteiger partial charge in [0.2, 0.25) is 0 Å². The zero-order valence-corrected chi connectivity index (χ0v) is 12.9. The van der Waals surface area contributed by atoms with Crippen LogP contribution >= 0.6 is 11.3 Å². The van der Waals surface area contributed by atoms with Crippen molar-refractivity contribution >= 4 is 21.4 Å². The van der Waals surface area contributed by atoms with Crippen molar-refractivity contribution in [1.82, 2.24) is 4.72 Å². The van der Waals surface area contributed by atoms with E-state index < -0.39 is 10.0 Å². The maximum atomic E-state index is 12.4. The van der Waals surface area contributed by atoms with E-state index in [0.717, 1.165) is 11.1 Å². The Balaban J connectivity index is 2.22. The molecule has 1 aromatic heterocycles. The molecule has 0 aliphatic carbocycles. The third-order valence-corrected chi connectivity index (χ3v) is 6.00. The number of nitrogens with one attached hydrogen (secondary N) is 1. The monoisotopic (exact) mass is 310 g/mol. The van der Waals surface area contributed by atoms with E-state index in [1.165, 1.54) is 11.3 Å². The standard InChI is InChI=1S/C14H18N2O2S2/c1-2-13(12-6-4-3-5-7-12)16-20(17,18)14-8-11(9-15)10-19-14/h3-8,10,13,16H,2,9,15H2,1H3. The molecule has 0 aliphatic heterocycles. The third kappa shape index (κ3) is 3.46. The Morgan fingerprint density at radius 3 is 2.55 bits per heavy atom. The Morgan fingerprint density at radius 1 is 1.30 bits per heavy atom. The maximum Gasteiger partial charge on any atom is 0.250 e. The van der Waals surface area contributed by atoms with E-state index in [2.05, 4.69) is 4.72 Å². The van der Waals surface area contributed by atoms with Crippen LogP contribution in [-0.2, 0) is 16.6 Å². The van der Waals surface area contributed by atoms with Crippen molar-refractivity contribution in [3.8, 4) is 0 Å². The van der Waals surface area contributed by atoms with Crippen molar-refractivity contribution < 1.29 is 8.42 Å². The number of rotatable bonds is 6. The van der Waals surface area contributed by atoms with Gasteiger partial charge < -0.3 is 5.73 Å². The molecule has 0 spiro atoms. The molecule has 0 saturated heterocycles. The molecule has 0 saturated carbocycles. The first-order valence-electron chi connectivity index (χ1n) is 6.41. The molecule has 0 bridgehead atoms. The lowest BCUT2D eigenvalue weighted by atomic mass is 10.1. The molecule has 1 heterocycles. The van der Waals surface area contributed by atoms with E-state index in [-0.39, 0.29) is 6.04 Å². The van der Waals surface area contributed by atoms with Crippen LogP contribution in [0.5, 0.6) is 0 Å². The van der Waals surface area contributed by atoms with Gasteiger partial charge in [0.15, 0.2) is 0 Å². The predicted octanol–water partition coefficient (Wildman–Crippen LogP) is 2.64. The average Bonchev–Trinajstić information content (AvgIpc) is 2.95. The van der Waals surface area contributed by atoms with Gasteiger partial charge in [-0.1, -0.05) is 37.3 Å². The summed E-state index contributed by atoms with van der Waals surface area (Å²) in [5.41, 5.74) is 7.32. The molecule has 3 N–H and O–H groups in total. The highest BCUT2D eigenvalue weighted by molar-refractivity contribution is 7.91. The van der Waals surface area contributed by atoms with E-state index >= 15 is 0 Å². The van der Waals surface area contributed by atoms with Crippen LogP contribution in [0.25, 0.3) is 0 Å². The van der Waals surface area contributed by atoms with E-state index in [1.807, 2.05) is 37.3 Å². The lowest BCUT2D eigenvalue weighted by molar-refractivity contribution is 0.552. The normalized spacial score (nSPS) is 13.3. The van der Waals surface area contributed by atoms with Crippen molar-refractivity contribution in [2.45, 2.75) is 30.1 Å². The highest BCUT2D eigenvalue weighted by Crippen LogP contribution is 2.24. The number of sulfonamides is 1. The summed E-state index contributed by atoms with van der Waals surface area (Å²) >= 11 is 1.20. The largest absolute Gasteiger partial charge is 0.326 e. The molecule has 0 radical (unpaired) electrons. The summed E-state index contributed by atoms with van der Waals surface area (Å²) in [6.07, 6.45) is 0.693. The molecular formula is C14H18N2O2S2. The summed E-state index contributed by atoms with van der Waals surface area (Å²) in [5, 5.41) is 1.78. The van der Waals surface area contributed by atoms with Gasteiger partial charge in [-0.3, -0.25) is 0 Å². The predicted molar refractivity (Wildman–Crippen MR) is 82.0 cm³/mol. The Labute approximate surface area is 123 Å². The minimum absolute atomic E-state index is 0.218. The number of hydrogen-bond donors (Lipinski definition) is 2. The average molecular weight is 310 g/mol. The van der Waals surface area contributed by atoms with Gasteiger partial charge in [-0.2, -0.15) is 0 Å². The molecule has 0 amide bonds. The molecule has 1 unspecified atom stereocenters. The third-order valence-electron chi connectivity index (χ3n) is 3.04. The van der Waals surface area contributed by atoms with Crippen molar-refractivity contribution in [3.63, 3.8) is 0 Å². The van der Waals surface area contributed by atoms with Gasteiger partial charge >= 0.3 is 0 Å². The van der Waals surface area contributed by atoms with E-state index in [9.17, 15) is 8.42 Å². The summed E-state index contributed by atoms with van der Waals surface area (Å²) in [6.45, 7) is 2.31. The van der Waals surface area contributed by atoms with Gasteiger partial charge in [0.1, 0.15) is 4.21 Å². The number of hydrogen-bond acceptors (Lipinski definition) is 4. The van der Waals surface area contributed by atoms with Gasteiger partial charge in [-0.05, 0) is 29.0 Å². The van der Waals surface area contributed by atoms with E-state index in [0.29, 0.717) is 17.2 Å². The Hall–Kier alpha value is -1.21. The Morgan fingerprint density at radius 2 is 2.00 bits per heavy atom. The molecule has 4 nitrogen and oxygen atoms in total. The first kappa shape index (κ1) is 15.2. The first-order valence-corrected chi connectivity index (χ1v) is 8.78. The lowest BCUT2D eigenvalue weighted by Crippen LogP contribution is -2.27. The Bertz CT molecular complexity index is 651. The van der Waals surface area contributed by atoms with Crippen molar-refractivity contribution in [2.24, 2.45) is 5.73 Å². The van der Waals surface area contributed by atoms with Crippen molar-refractivity contribution in [1.29, 1.82) is 0 Å². The molecule has 2 rings (SSSR count). The van der Waals surface area contributed by atoms with Crippen molar-refractivity contribution in [3.05, 3.63) is 52.9 Å². The van der Waals surface area contributed by atoms with Crippen LogP contribution in [0.15, 0.2) is 46.0 Å². The fraction of sp³-hybridized carbons (Fsp3) is 0.286. The second-order valence-electron chi connectivity index (χ2n) is 4.47. The van der Waals surface area contributed by atoms with Crippen LogP contribution in [0.4, 0.5) is 0 Å². The first-order chi connectivity index (χ1) is 9.56. The highest BCUT2D eigenvalue weighted by atomic mass is 32.2. The van der Waals surface area contributed by atoms with Gasteiger partial charge in [0.25, 0.3) is 10.0 Å². The van der Waals surface area contributed by atoms with Crippen molar-refractivity contribution in [2.75, 3.05) is 0 Å². The zero-order chi connectivity index (χ0) is 14.6. The molecule has 0 fully saturated rings. The number of benzene rings is 1. The molecule has 2 aromatic rings. The lowest BCUT2D eigenvalue weighted by Gasteiger charge is -2.16. The van der Waals surface area contributed by atoms with Crippen LogP contribution in [0.3, 0.4) is 0 Å². The molecule has 0 aliphatic rings. The van der Waals surface area contributed by atoms with Gasteiger partial charge in [0, 0.05) is 12.6 Å². The summed E-state index contributed by atoms with van der Waals surface area (Å²) in [6, 6.07) is 11.0. The number of thiophene rings is 1. The minimum Gasteiger partial charge on any atom is -0.326 e. The second kappa shape index (κ2) is 6.49. The SMILES string of the molecule is CCC(NS(=O)(=O)c1cc(CN)cs1)c1ccccc1. The minimum atomic E-state index is -3.50. The van der Waals surface area contributed by atoms with Gasteiger partial charge in [-0.15, -0.1) is 11.3 Å². The summed E-state index contributed by atoms with van der Waals surface area (Å²) in [4.78, 5) is 0. The van der Waals surface area contributed by atoms with E-state index in [4.69, 9.17) is 5.73 Å². The van der Waals surface area contributed by atoms with Gasteiger partial charge in [-0.25, -0.2) is 13.1 Å². The van der Waals surface area contributed by atoms with E-state index in [1.54, 1.807) is 11.4 Å². The quantitative estimate of drug-likeness (QED) is 0.861. The molecule has 6 heteroatoms. The smallest absolute Gasteiger partial charge is 0.250 e. The zero-order valence-electron chi connectivity index (χ0n) is 11.2. The summed E-state index contributed by atoms with van der Waals surface area (Å²) in [7, 11) is -3.50. The highest BCUT2D eigenvalue weighted by Gasteiger charge is 2.21. The fourth-order valence-corrected chi connectivity index (χ4v) is 4.47. The number of nitrogens with two attached hydrogens (primary N) is 1. The maximum absolute atomic E-state index is 12.4. The van der Waals surface area contributed by atoms with Crippen LogP contribution in [0.2, 0.25) is 0 Å².